The largest absolute Gasteiger partial charge is 0.323 e. The van der Waals surface area contributed by atoms with Crippen LogP contribution in [-0.4, -0.2) is 34.5 Å². The minimum atomic E-state index is -3.50. The van der Waals surface area contributed by atoms with Gasteiger partial charge in [-0.1, -0.05) is 12.1 Å². The van der Waals surface area contributed by atoms with Gasteiger partial charge in [0.25, 0.3) is 0 Å². The Morgan fingerprint density at radius 3 is 2.32 bits per heavy atom. The Labute approximate surface area is 182 Å². The highest BCUT2D eigenvalue weighted by molar-refractivity contribution is 7.92. The van der Waals surface area contributed by atoms with Crippen LogP contribution in [0.3, 0.4) is 0 Å². The second-order valence-electron chi connectivity index (χ2n) is 7.32. The van der Waals surface area contributed by atoms with Crippen LogP contribution in [0, 0.1) is 6.92 Å². The smallest absolute Gasteiger partial charge is 0.248 e. The van der Waals surface area contributed by atoms with E-state index in [-0.39, 0.29) is 22.6 Å². The Bertz CT molecular complexity index is 1200. The molecule has 1 amide bonds. The van der Waals surface area contributed by atoms with Crippen molar-refractivity contribution < 1.29 is 21.6 Å². The van der Waals surface area contributed by atoms with Gasteiger partial charge >= 0.3 is 0 Å². The van der Waals surface area contributed by atoms with E-state index in [1.165, 1.54) is 18.2 Å². The number of carbonyl (C=O) groups excluding carboxylic acids is 1. The summed E-state index contributed by atoms with van der Waals surface area (Å²) in [5, 5.41) is 2.71. The lowest BCUT2D eigenvalue weighted by atomic mass is 10.2. The third-order valence-corrected chi connectivity index (χ3v) is 7.48. The van der Waals surface area contributed by atoms with Crippen molar-refractivity contribution in [3.8, 4) is 0 Å². The molecule has 1 aliphatic carbocycles. The Morgan fingerprint density at radius 2 is 1.74 bits per heavy atom. The maximum Gasteiger partial charge on any atom is 0.248 e. The summed E-state index contributed by atoms with van der Waals surface area (Å²) in [6.45, 7) is 3.29. The molecular weight excluding hydrogens is 438 g/mol. The van der Waals surface area contributed by atoms with Crippen molar-refractivity contribution in [2.45, 2.75) is 37.6 Å². The summed E-state index contributed by atoms with van der Waals surface area (Å²) in [5.41, 5.74) is 2.34. The van der Waals surface area contributed by atoms with Gasteiger partial charge in [-0.2, -0.15) is 0 Å². The van der Waals surface area contributed by atoms with Crippen molar-refractivity contribution in [3.05, 3.63) is 59.7 Å². The summed E-state index contributed by atoms with van der Waals surface area (Å²) in [6.07, 6.45) is 4.66. The second-order valence-corrected chi connectivity index (χ2v) is 11.0. The molecule has 0 saturated heterocycles. The number of benzene rings is 2. The molecule has 1 aliphatic rings. The van der Waals surface area contributed by atoms with Crippen LogP contribution in [0.15, 0.2) is 53.4 Å². The summed E-state index contributed by atoms with van der Waals surface area (Å²) in [4.78, 5) is 12.4. The maximum atomic E-state index is 12.2. The molecule has 0 aromatic heterocycles. The third-order valence-electron chi connectivity index (χ3n) is 4.66. The zero-order valence-electron chi connectivity index (χ0n) is 17.3. The molecule has 31 heavy (non-hydrogen) atoms. The predicted molar refractivity (Wildman–Crippen MR) is 122 cm³/mol. The molecule has 1 saturated carbocycles. The van der Waals surface area contributed by atoms with Crippen LogP contribution in [0.2, 0.25) is 0 Å². The number of sulfonamides is 2. The van der Waals surface area contributed by atoms with Crippen LogP contribution < -0.4 is 14.8 Å². The SMILES string of the molecule is CCS(=O)(=O)Nc1ccc(NC(=O)/C=C/c2ccc(S(=O)(=O)NC3CC3)cc2)cc1C. The third kappa shape index (κ3) is 6.65. The fourth-order valence-electron chi connectivity index (χ4n) is 2.70. The Kier molecular flexibility index (Phi) is 6.83. The van der Waals surface area contributed by atoms with Gasteiger partial charge in [0.15, 0.2) is 0 Å². The molecule has 0 spiro atoms. The first-order valence-electron chi connectivity index (χ1n) is 9.80. The lowest BCUT2D eigenvalue weighted by molar-refractivity contribution is -0.111. The van der Waals surface area contributed by atoms with E-state index in [2.05, 4.69) is 14.8 Å². The molecule has 0 heterocycles. The van der Waals surface area contributed by atoms with Gasteiger partial charge in [-0.3, -0.25) is 9.52 Å². The van der Waals surface area contributed by atoms with E-state index in [0.29, 0.717) is 22.5 Å². The summed E-state index contributed by atoms with van der Waals surface area (Å²) in [7, 11) is -6.88. The van der Waals surface area contributed by atoms with Crippen LogP contribution in [-0.2, 0) is 24.8 Å². The van der Waals surface area contributed by atoms with E-state index < -0.39 is 20.0 Å². The van der Waals surface area contributed by atoms with Crippen LogP contribution >= 0.6 is 0 Å². The molecule has 8 nitrogen and oxygen atoms in total. The van der Waals surface area contributed by atoms with Crippen molar-refractivity contribution >= 4 is 43.4 Å². The number of hydrogen-bond donors (Lipinski definition) is 3. The molecular formula is C21H25N3O5S2. The van der Waals surface area contributed by atoms with Gasteiger partial charge in [0.1, 0.15) is 0 Å². The van der Waals surface area contributed by atoms with Gasteiger partial charge in [-0.05, 0) is 74.2 Å². The lowest BCUT2D eigenvalue weighted by Gasteiger charge is -2.11. The Balaban J connectivity index is 1.60. The topological polar surface area (TPSA) is 121 Å². The standard InChI is InChI=1S/C21H25N3O5S2/c1-3-30(26,27)24-20-12-9-18(14-15(20)2)22-21(25)13-6-16-4-10-19(11-5-16)31(28,29)23-17-7-8-17/h4-6,9-14,17,23-24H,3,7-8H2,1-2H3,(H,22,25)/b13-6+. The highest BCUT2D eigenvalue weighted by Crippen LogP contribution is 2.23. The summed E-state index contributed by atoms with van der Waals surface area (Å²) >= 11 is 0. The van der Waals surface area contributed by atoms with Crippen LogP contribution in [0.25, 0.3) is 6.08 Å². The minimum absolute atomic E-state index is 0.0281. The highest BCUT2D eigenvalue weighted by atomic mass is 32.2. The van der Waals surface area contributed by atoms with Gasteiger partial charge < -0.3 is 5.32 Å². The van der Waals surface area contributed by atoms with Crippen LogP contribution in [0.1, 0.15) is 30.9 Å². The Morgan fingerprint density at radius 1 is 1.06 bits per heavy atom. The molecule has 0 bridgehead atoms. The fraction of sp³-hybridized carbons (Fsp3) is 0.286. The first kappa shape index (κ1) is 23.0. The van der Waals surface area contributed by atoms with Crippen molar-refractivity contribution in [2.75, 3.05) is 15.8 Å². The number of carbonyl (C=O) groups is 1. The Hall–Kier alpha value is -2.69. The van der Waals surface area contributed by atoms with Crippen LogP contribution in [0.4, 0.5) is 11.4 Å². The van der Waals surface area contributed by atoms with Gasteiger partial charge in [-0.25, -0.2) is 21.6 Å². The molecule has 0 unspecified atom stereocenters. The molecule has 166 valence electrons. The van der Waals surface area contributed by atoms with E-state index >= 15 is 0 Å². The molecule has 0 aliphatic heterocycles. The monoisotopic (exact) mass is 463 g/mol. The quantitative estimate of drug-likeness (QED) is 0.494. The van der Waals surface area contributed by atoms with E-state index in [1.54, 1.807) is 50.3 Å². The van der Waals surface area contributed by atoms with E-state index in [0.717, 1.165) is 12.8 Å². The van der Waals surface area contributed by atoms with Crippen molar-refractivity contribution in [1.82, 2.24) is 4.72 Å². The zero-order chi connectivity index (χ0) is 22.6. The fourth-order valence-corrected chi connectivity index (χ4v) is 4.71. The zero-order valence-corrected chi connectivity index (χ0v) is 18.9. The average Bonchev–Trinajstić information content (AvgIpc) is 3.52. The number of aryl methyl sites for hydroxylation is 1. The normalized spacial score (nSPS) is 14.5. The van der Waals surface area contributed by atoms with Crippen molar-refractivity contribution in [1.29, 1.82) is 0 Å². The second kappa shape index (κ2) is 9.21. The predicted octanol–water partition coefficient (Wildman–Crippen LogP) is 2.85. The molecule has 0 radical (unpaired) electrons. The van der Waals surface area contributed by atoms with E-state index in [4.69, 9.17) is 0 Å². The number of rotatable bonds is 9. The summed E-state index contributed by atoms with van der Waals surface area (Å²) in [6, 6.07) is 11.2. The molecule has 0 atom stereocenters. The van der Waals surface area contributed by atoms with Gasteiger partial charge in [0.05, 0.1) is 16.3 Å². The van der Waals surface area contributed by atoms with Gasteiger partial charge in [0.2, 0.25) is 26.0 Å². The molecule has 10 heteroatoms. The highest BCUT2D eigenvalue weighted by Gasteiger charge is 2.27. The van der Waals surface area contributed by atoms with Crippen molar-refractivity contribution in [2.24, 2.45) is 0 Å². The lowest BCUT2D eigenvalue weighted by Crippen LogP contribution is -2.25. The van der Waals surface area contributed by atoms with Crippen LogP contribution in [0.5, 0.6) is 0 Å². The van der Waals surface area contributed by atoms with Gasteiger partial charge in [-0.15, -0.1) is 0 Å². The number of amides is 1. The number of anilines is 2. The van der Waals surface area contributed by atoms with Crippen molar-refractivity contribution in [3.63, 3.8) is 0 Å². The summed E-state index contributed by atoms with van der Waals surface area (Å²) in [5.74, 6) is -0.395. The molecule has 2 aromatic carbocycles. The molecule has 2 aromatic rings. The molecule has 3 rings (SSSR count). The minimum Gasteiger partial charge on any atom is -0.323 e. The molecule has 3 N–H and O–H groups in total. The number of nitrogens with one attached hydrogen (secondary N) is 3. The first-order valence-corrected chi connectivity index (χ1v) is 12.9. The van der Waals surface area contributed by atoms with Gasteiger partial charge in [0, 0.05) is 17.8 Å². The summed E-state index contributed by atoms with van der Waals surface area (Å²) < 4.78 is 52.9. The average molecular weight is 464 g/mol. The van der Waals surface area contributed by atoms with E-state index in [9.17, 15) is 21.6 Å². The maximum absolute atomic E-state index is 12.2. The first-order chi connectivity index (χ1) is 14.6. The molecule has 1 fully saturated rings. The van der Waals surface area contributed by atoms with E-state index in [1.807, 2.05) is 0 Å². The number of hydrogen-bond acceptors (Lipinski definition) is 5.